The van der Waals surface area contributed by atoms with E-state index >= 15 is 0 Å². The lowest BCUT2D eigenvalue weighted by Gasteiger charge is -2.08. The van der Waals surface area contributed by atoms with Gasteiger partial charge >= 0.3 is 5.97 Å². The molecule has 0 bridgehead atoms. The normalized spacial score (nSPS) is 11.2. The van der Waals surface area contributed by atoms with E-state index in [1.54, 1.807) is 17.4 Å². The van der Waals surface area contributed by atoms with Crippen LogP contribution in [0.2, 0.25) is 0 Å². The first-order chi connectivity index (χ1) is 14.7. The molecule has 0 aliphatic carbocycles. The number of nitrogens with zero attached hydrogens (tertiary/aromatic N) is 2. The monoisotopic (exact) mass is 415 g/mol. The van der Waals surface area contributed by atoms with Crippen molar-refractivity contribution in [1.82, 2.24) is 9.97 Å². The van der Waals surface area contributed by atoms with Gasteiger partial charge in [0.2, 0.25) is 5.76 Å². The molecule has 0 radical (unpaired) electrons. The minimum absolute atomic E-state index is 0.0761. The maximum atomic E-state index is 11.1. The second-order valence-corrected chi connectivity index (χ2v) is 7.87. The zero-order chi connectivity index (χ0) is 20.5. The molecule has 30 heavy (non-hydrogen) atoms. The van der Waals surface area contributed by atoms with Crippen LogP contribution in [0.1, 0.15) is 16.1 Å². The lowest BCUT2D eigenvalue weighted by Crippen LogP contribution is -2.06. The van der Waals surface area contributed by atoms with E-state index in [0.29, 0.717) is 5.58 Å². The highest BCUT2D eigenvalue weighted by molar-refractivity contribution is 7.17. The Hall–Kier alpha value is -3.71. The number of hydrogen-bond acceptors (Lipinski definition) is 6. The number of fused-ring (bicyclic) bond motifs is 2. The van der Waals surface area contributed by atoms with E-state index in [1.807, 2.05) is 18.2 Å². The van der Waals surface area contributed by atoms with Crippen LogP contribution in [0, 0.1) is 0 Å². The smallest absolute Gasteiger partial charge is 0.371 e. The largest absolute Gasteiger partial charge is 0.475 e. The molecule has 3 aromatic heterocycles. The van der Waals surface area contributed by atoms with Gasteiger partial charge in [0.25, 0.3) is 0 Å². The van der Waals surface area contributed by atoms with Crippen LogP contribution in [0.5, 0.6) is 0 Å². The number of furan rings is 1. The van der Waals surface area contributed by atoms with Gasteiger partial charge in [0.15, 0.2) is 0 Å². The van der Waals surface area contributed by atoms with Crippen LogP contribution in [0.3, 0.4) is 0 Å². The quantitative estimate of drug-likeness (QED) is 0.383. The first-order valence-electron chi connectivity index (χ1n) is 9.45. The number of anilines is 1. The molecular weight excluding hydrogens is 398 g/mol. The molecule has 0 saturated carbocycles. The van der Waals surface area contributed by atoms with Crippen molar-refractivity contribution in [1.29, 1.82) is 0 Å². The molecule has 148 valence electrons. The minimum Gasteiger partial charge on any atom is -0.475 e. The Morgan fingerprint density at radius 2 is 1.97 bits per heavy atom. The molecular formula is C23H17N3O3S. The Labute approximate surface area is 175 Å². The summed E-state index contributed by atoms with van der Waals surface area (Å²) < 4.78 is 6.62. The van der Waals surface area contributed by atoms with Crippen LogP contribution in [0.25, 0.3) is 32.3 Å². The fraction of sp³-hybridized carbons (Fsp3) is 0.0870. The fourth-order valence-corrected chi connectivity index (χ4v) is 4.20. The summed E-state index contributed by atoms with van der Waals surface area (Å²) in [6.07, 6.45) is 2.42. The molecule has 0 unspecified atom stereocenters. The number of aromatic carboxylic acids is 1. The van der Waals surface area contributed by atoms with Crippen molar-refractivity contribution in [2.24, 2.45) is 0 Å². The van der Waals surface area contributed by atoms with E-state index in [2.05, 4.69) is 44.9 Å². The zero-order valence-electron chi connectivity index (χ0n) is 15.8. The number of nitrogens with one attached hydrogen (secondary N) is 1. The van der Waals surface area contributed by atoms with E-state index in [9.17, 15) is 4.79 Å². The van der Waals surface area contributed by atoms with Crippen molar-refractivity contribution >= 4 is 44.2 Å². The lowest BCUT2D eigenvalue weighted by molar-refractivity contribution is 0.0665. The molecule has 0 atom stereocenters. The molecule has 5 aromatic rings. The highest BCUT2D eigenvalue weighted by Gasteiger charge is 2.11. The summed E-state index contributed by atoms with van der Waals surface area (Å²) in [6.45, 7) is 0.759. The SMILES string of the molecule is O=C(O)c1cc2cc(-c3cc(NCCc4ccc5sccc5c4)ncn3)ccc2o1. The summed E-state index contributed by atoms with van der Waals surface area (Å²) in [7, 11) is 0. The molecule has 2 N–H and O–H groups in total. The number of thiophene rings is 1. The number of aromatic nitrogens is 2. The van der Waals surface area contributed by atoms with E-state index in [1.165, 1.54) is 28.0 Å². The van der Waals surface area contributed by atoms with Crippen molar-refractivity contribution in [2.45, 2.75) is 6.42 Å². The Kier molecular flexibility index (Phi) is 4.65. The van der Waals surface area contributed by atoms with Gasteiger partial charge in [-0.25, -0.2) is 14.8 Å². The molecule has 3 heterocycles. The third-order valence-corrected chi connectivity index (χ3v) is 5.82. The predicted molar refractivity (Wildman–Crippen MR) is 118 cm³/mol. The van der Waals surface area contributed by atoms with Crippen LogP contribution in [-0.2, 0) is 6.42 Å². The molecule has 5 rings (SSSR count). The molecule has 6 nitrogen and oxygen atoms in total. The van der Waals surface area contributed by atoms with E-state index in [4.69, 9.17) is 9.52 Å². The molecule has 0 aliphatic rings. The summed E-state index contributed by atoms with van der Waals surface area (Å²) in [6, 6.07) is 17.6. The van der Waals surface area contributed by atoms with Crippen LogP contribution in [0.15, 0.2) is 70.7 Å². The van der Waals surface area contributed by atoms with Crippen LogP contribution in [-0.4, -0.2) is 27.6 Å². The third-order valence-electron chi connectivity index (χ3n) is 4.93. The van der Waals surface area contributed by atoms with Gasteiger partial charge in [0, 0.05) is 28.3 Å². The van der Waals surface area contributed by atoms with Crippen molar-refractivity contribution in [3.8, 4) is 11.3 Å². The Bertz CT molecular complexity index is 1370. The molecule has 0 fully saturated rings. The van der Waals surface area contributed by atoms with Gasteiger partial charge in [-0.15, -0.1) is 11.3 Å². The minimum atomic E-state index is -1.08. The highest BCUT2D eigenvalue weighted by atomic mass is 32.1. The average Bonchev–Trinajstić information content (AvgIpc) is 3.40. The molecule has 7 heteroatoms. The summed E-state index contributed by atoms with van der Waals surface area (Å²) in [5.74, 6) is -0.414. The number of rotatable bonds is 6. The lowest BCUT2D eigenvalue weighted by atomic mass is 10.1. The van der Waals surface area contributed by atoms with Gasteiger partial charge in [-0.3, -0.25) is 0 Å². The molecule has 0 spiro atoms. The summed E-state index contributed by atoms with van der Waals surface area (Å²) in [4.78, 5) is 19.8. The summed E-state index contributed by atoms with van der Waals surface area (Å²) in [5, 5.41) is 16.6. The van der Waals surface area contributed by atoms with Crippen LogP contribution in [0.4, 0.5) is 5.82 Å². The maximum absolute atomic E-state index is 11.1. The van der Waals surface area contributed by atoms with E-state index in [-0.39, 0.29) is 5.76 Å². The van der Waals surface area contributed by atoms with Crippen molar-refractivity contribution in [2.75, 3.05) is 11.9 Å². The van der Waals surface area contributed by atoms with Gasteiger partial charge < -0.3 is 14.8 Å². The number of carboxylic acid groups (broad SMARTS) is 1. The summed E-state index contributed by atoms with van der Waals surface area (Å²) in [5.41, 5.74) is 3.44. The van der Waals surface area contributed by atoms with Crippen molar-refractivity contribution in [3.63, 3.8) is 0 Å². The Morgan fingerprint density at radius 3 is 2.87 bits per heavy atom. The van der Waals surface area contributed by atoms with Gasteiger partial charge in [-0.1, -0.05) is 12.1 Å². The second-order valence-electron chi connectivity index (χ2n) is 6.93. The Morgan fingerprint density at radius 1 is 1.03 bits per heavy atom. The van der Waals surface area contributed by atoms with Crippen molar-refractivity contribution < 1.29 is 14.3 Å². The topological polar surface area (TPSA) is 88.2 Å². The molecule has 0 amide bonds. The summed E-state index contributed by atoms with van der Waals surface area (Å²) >= 11 is 1.75. The number of carboxylic acids is 1. The number of benzene rings is 2. The third kappa shape index (κ3) is 3.62. The van der Waals surface area contributed by atoms with E-state index < -0.39 is 5.97 Å². The first kappa shape index (κ1) is 18.3. The van der Waals surface area contributed by atoms with Crippen molar-refractivity contribution in [3.05, 3.63) is 77.6 Å². The van der Waals surface area contributed by atoms with Gasteiger partial charge in [0.1, 0.15) is 17.7 Å². The first-order valence-corrected chi connectivity index (χ1v) is 10.3. The standard InChI is InChI=1S/C23H17N3O3S/c27-23(28)20-11-17-10-15(2-3-19(17)29-20)18-12-22(26-13-25-18)24-7-5-14-1-4-21-16(9-14)6-8-30-21/h1-4,6,8-13H,5,7H2,(H,27,28)(H,24,25,26). The maximum Gasteiger partial charge on any atom is 0.371 e. The zero-order valence-corrected chi connectivity index (χ0v) is 16.6. The predicted octanol–water partition coefficient (Wildman–Crippen LogP) is 5.46. The molecule has 0 aliphatic heterocycles. The number of carbonyl (C=O) groups is 1. The van der Waals surface area contributed by atoms with Crippen LogP contribution >= 0.6 is 11.3 Å². The van der Waals surface area contributed by atoms with Gasteiger partial charge in [-0.2, -0.15) is 0 Å². The Balaban J connectivity index is 1.31. The molecule has 2 aromatic carbocycles. The fourth-order valence-electron chi connectivity index (χ4n) is 3.43. The van der Waals surface area contributed by atoms with Gasteiger partial charge in [0.05, 0.1) is 5.69 Å². The van der Waals surface area contributed by atoms with Gasteiger partial charge in [-0.05, 0) is 59.1 Å². The second kappa shape index (κ2) is 7.61. The average molecular weight is 415 g/mol. The van der Waals surface area contributed by atoms with Crippen LogP contribution < -0.4 is 5.32 Å². The molecule has 0 saturated heterocycles. The highest BCUT2D eigenvalue weighted by Crippen LogP contribution is 2.27. The number of hydrogen-bond donors (Lipinski definition) is 2. The van der Waals surface area contributed by atoms with E-state index in [0.717, 1.165) is 35.4 Å².